The van der Waals surface area contributed by atoms with Crippen LogP contribution in [0.2, 0.25) is 0 Å². The van der Waals surface area contributed by atoms with Crippen molar-refractivity contribution in [3.05, 3.63) is 126 Å². The highest BCUT2D eigenvalue weighted by atomic mass is 19.1. The van der Waals surface area contributed by atoms with Crippen molar-refractivity contribution in [2.75, 3.05) is 13.1 Å². The van der Waals surface area contributed by atoms with E-state index in [0.29, 0.717) is 30.0 Å². The number of fused-ring (bicyclic) bond motifs is 1. The highest BCUT2D eigenvalue weighted by molar-refractivity contribution is 6.03. The molecule has 1 aliphatic heterocycles. The minimum atomic E-state index is -0.309. The molecule has 3 aromatic carbocycles. The van der Waals surface area contributed by atoms with Crippen LogP contribution < -0.4 is 0 Å². The molecule has 1 saturated heterocycles. The Kier molecular flexibility index (Phi) is 9.61. The maximum atomic E-state index is 13.7. The van der Waals surface area contributed by atoms with E-state index in [1.165, 1.54) is 18.2 Å². The number of terminal acetylenes is 1. The van der Waals surface area contributed by atoms with Crippen LogP contribution in [0.4, 0.5) is 14.5 Å². The molecule has 0 unspecified atom stereocenters. The van der Waals surface area contributed by atoms with Crippen molar-refractivity contribution in [2.45, 2.75) is 33.1 Å². The van der Waals surface area contributed by atoms with E-state index >= 15 is 0 Å². The van der Waals surface area contributed by atoms with Crippen molar-refractivity contribution in [3.63, 3.8) is 0 Å². The molecule has 0 spiro atoms. The summed E-state index contributed by atoms with van der Waals surface area (Å²) in [4.78, 5) is 24.3. The summed E-state index contributed by atoms with van der Waals surface area (Å²) in [5.74, 6) is 2.43. The number of aliphatic imine (C=N–C) groups is 1. The Morgan fingerprint density at radius 3 is 2.36 bits per heavy atom. The lowest BCUT2D eigenvalue weighted by Gasteiger charge is -2.31. The number of nitrogens with zero attached hydrogens (tertiary/aromatic N) is 4. The van der Waals surface area contributed by atoms with E-state index in [-0.39, 0.29) is 23.5 Å². The second kappa shape index (κ2) is 13.9. The number of hydrogen-bond acceptors (Lipinski definition) is 3. The first-order valence-electron chi connectivity index (χ1n) is 14.7. The van der Waals surface area contributed by atoms with Gasteiger partial charge in [0.25, 0.3) is 5.91 Å². The van der Waals surface area contributed by atoms with Crippen LogP contribution in [-0.2, 0) is 6.42 Å². The molecule has 3 heterocycles. The van der Waals surface area contributed by atoms with Gasteiger partial charge in [0.1, 0.15) is 17.3 Å². The number of piperidine rings is 1. The van der Waals surface area contributed by atoms with Crippen LogP contribution in [0.1, 0.15) is 41.3 Å². The first kappa shape index (κ1) is 30.4. The quantitative estimate of drug-likeness (QED) is 0.154. The molecule has 5 aromatic rings. The van der Waals surface area contributed by atoms with Crippen molar-refractivity contribution in [2.24, 2.45) is 10.9 Å². The third kappa shape index (κ3) is 7.09. The maximum absolute atomic E-state index is 13.7. The van der Waals surface area contributed by atoms with Crippen LogP contribution in [0.25, 0.3) is 16.7 Å². The molecule has 1 amide bonds. The van der Waals surface area contributed by atoms with Gasteiger partial charge in [-0.25, -0.2) is 18.8 Å². The van der Waals surface area contributed by atoms with Crippen molar-refractivity contribution in [1.82, 2.24) is 14.5 Å². The first-order chi connectivity index (χ1) is 21.4. The van der Waals surface area contributed by atoms with Gasteiger partial charge in [0.05, 0.1) is 17.0 Å². The zero-order valence-electron chi connectivity index (χ0n) is 24.9. The Hall–Kier alpha value is -5.09. The normalized spacial score (nSPS) is 13.7. The Morgan fingerprint density at radius 1 is 0.977 bits per heavy atom. The lowest BCUT2D eigenvalue weighted by Crippen LogP contribution is -2.40. The number of benzene rings is 3. The summed E-state index contributed by atoms with van der Waals surface area (Å²) in [6.07, 6.45) is 11.7. The molecule has 0 aliphatic carbocycles. The van der Waals surface area contributed by atoms with Gasteiger partial charge in [-0.05, 0) is 85.8 Å². The van der Waals surface area contributed by atoms with Crippen LogP contribution in [0.3, 0.4) is 0 Å². The zero-order valence-corrected chi connectivity index (χ0v) is 24.9. The minimum absolute atomic E-state index is 0.0468. The van der Waals surface area contributed by atoms with Gasteiger partial charge in [-0.15, -0.1) is 6.42 Å². The van der Waals surface area contributed by atoms with Crippen LogP contribution in [0.15, 0.2) is 102 Å². The second-order valence-corrected chi connectivity index (χ2v) is 10.8. The summed E-state index contributed by atoms with van der Waals surface area (Å²) in [6.45, 7) is 5.25. The number of halogens is 2. The molecular weight excluding hydrogens is 554 g/mol. The Balaban J connectivity index is 0.000000367. The number of pyridine rings is 1. The first-order valence-corrected chi connectivity index (χ1v) is 14.7. The fourth-order valence-electron chi connectivity index (χ4n) is 5.33. The second-order valence-electron chi connectivity index (χ2n) is 10.8. The Labute approximate surface area is 256 Å². The number of para-hydroxylation sites is 1. The fourth-order valence-corrected chi connectivity index (χ4v) is 5.33. The van der Waals surface area contributed by atoms with Crippen molar-refractivity contribution < 1.29 is 13.6 Å². The number of amides is 1. The molecule has 0 atom stereocenters. The smallest absolute Gasteiger partial charge is 0.255 e. The largest absolute Gasteiger partial charge is 0.339 e. The number of hydrogen-bond donors (Lipinski definition) is 0. The van der Waals surface area contributed by atoms with Gasteiger partial charge in [0.15, 0.2) is 0 Å². The molecular formula is C37H34F2N4O. The molecule has 0 radical (unpaired) electrons. The van der Waals surface area contributed by atoms with E-state index in [4.69, 9.17) is 11.4 Å². The molecule has 6 rings (SSSR count). The molecule has 5 nitrogen and oxygen atoms in total. The average molecular weight is 589 g/mol. The number of carbonyl (C=O) groups excluding carboxylic acids is 1. The summed E-state index contributed by atoms with van der Waals surface area (Å²) in [5.41, 5.74) is 5.68. The molecule has 1 fully saturated rings. The highest BCUT2D eigenvalue weighted by Crippen LogP contribution is 2.26. The third-order valence-corrected chi connectivity index (χ3v) is 7.83. The minimum Gasteiger partial charge on any atom is -0.339 e. The monoisotopic (exact) mass is 588 g/mol. The number of aryl methyl sites for hydroxylation is 2. The summed E-state index contributed by atoms with van der Waals surface area (Å²) >= 11 is 0. The van der Waals surface area contributed by atoms with Gasteiger partial charge in [-0.3, -0.25) is 4.79 Å². The standard InChI is InChI=1S/C29H25FN4O.C8H9F/c1-3-26(32-27-10-5-4-7-20(27)2)21-11-14-33(15-12-21)29(35)23-17-22-13-16-34(28(22)31-19-23)25-9-6-8-24(30)18-25;1-2-7-4-3-5-8(9)6-7/h1,4-10,13,16-19,21H,11-12,14-15H2,2H3;3-6H,2H2,1H3. The van der Waals surface area contributed by atoms with Gasteiger partial charge < -0.3 is 9.47 Å². The molecule has 0 bridgehead atoms. The highest BCUT2D eigenvalue weighted by Gasteiger charge is 2.26. The molecule has 44 heavy (non-hydrogen) atoms. The summed E-state index contributed by atoms with van der Waals surface area (Å²) < 4.78 is 27.8. The van der Waals surface area contributed by atoms with Gasteiger partial charge in [0.2, 0.25) is 0 Å². The summed E-state index contributed by atoms with van der Waals surface area (Å²) in [6, 6.07) is 24.7. The van der Waals surface area contributed by atoms with Crippen molar-refractivity contribution in [3.8, 4) is 18.0 Å². The van der Waals surface area contributed by atoms with Crippen LogP contribution >= 0.6 is 0 Å². The van der Waals surface area contributed by atoms with E-state index in [0.717, 1.165) is 47.2 Å². The average Bonchev–Trinajstić information content (AvgIpc) is 3.48. The van der Waals surface area contributed by atoms with Crippen LogP contribution in [-0.4, -0.2) is 39.2 Å². The van der Waals surface area contributed by atoms with E-state index in [1.54, 1.807) is 24.4 Å². The van der Waals surface area contributed by atoms with Crippen LogP contribution in [0.5, 0.6) is 0 Å². The molecule has 0 N–H and O–H groups in total. The van der Waals surface area contributed by atoms with Gasteiger partial charge >= 0.3 is 0 Å². The van der Waals surface area contributed by atoms with Crippen LogP contribution in [0, 0.1) is 36.8 Å². The van der Waals surface area contributed by atoms with E-state index in [2.05, 4.69) is 10.9 Å². The van der Waals surface area contributed by atoms with Gasteiger partial charge in [-0.1, -0.05) is 49.2 Å². The topological polar surface area (TPSA) is 50.5 Å². The Bertz CT molecular complexity index is 1840. The molecule has 0 saturated carbocycles. The number of rotatable bonds is 5. The zero-order chi connectivity index (χ0) is 31.1. The third-order valence-electron chi connectivity index (χ3n) is 7.83. The van der Waals surface area contributed by atoms with Gasteiger partial charge in [0, 0.05) is 42.5 Å². The van der Waals surface area contributed by atoms with E-state index < -0.39 is 0 Å². The summed E-state index contributed by atoms with van der Waals surface area (Å²) in [5, 5.41) is 0.829. The molecule has 2 aromatic heterocycles. The predicted molar refractivity (Wildman–Crippen MR) is 173 cm³/mol. The molecule has 1 aliphatic rings. The van der Waals surface area contributed by atoms with E-state index in [1.807, 2.05) is 78.0 Å². The number of likely N-dealkylation sites (tertiary alicyclic amines) is 1. The number of carbonyl (C=O) groups is 1. The molecule has 222 valence electrons. The van der Waals surface area contributed by atoms with E-state index in [9.17, 15) is 13.6 Å². The number of aromatic nitrogens is 2. The fraction of sp³-hybridized carbons (Fsp3) is 0.216. The van der Waals surface area contributed by atoms with Crippen molar-refractivity contribution >= 4 is 28.3 Å². The Morgan fingerprint density at radius 2 is 1.70 bits per heavy atom. The lowest BCUT2D eigenvalue weighted by molar-refractivity contribution is 0.0710. The SMILES string of the molecule is C#CC(=Nc1ccccc1C)C1CCN(C(=O)c2cnc3c(ccn3-c3cccc(F)c3)c2)CC1.CCc1cccc(F)c1. The van der Waals surface area contributed by atoms with Crippen molar-refractivity contribution in [1.29, 1.82) is 0 Å². The maximum Gasteiger partial charge on any atom is 0.255 e. The molecule has 7 heteroatoms. The predicted octanol–water partition coefficient (Wildman–Crippen LogP) is 8.12. The summed E-state index contributed by atoms with van der Waals surface area (Å²) in [7, 11) is 0. The lowest BCUT2D eigenvalue weighted by atomic mass is 9.91. The van der Waals surface area contributed by atoms with Gasteiger partial charge in [-0.2, -0.15) is 0 Å².